The molecule has 0 fully saturated rings. The second kappa shape index (κ2) is 4.99. The lowest BCUT2D eigenvalue weighted by Crippen LogP contribution is -2.06. The van der Waals surface area contributed by atoms with Crippen molar-refractivity contribution in [2.24, 2.45) is 4.99 Å². The second-order valence-corrected chi connectivity index (χ2v) is 4.06. The van der Waals surface area contributed by atoms with Crippen LogP contribution in [-0.4, -0.2) is 23.5 Å². The summed E-state index contributed by atoms with van der Waals surface area (Å²) in [5, 5.41) is 5.29. The summed E-state index contributed by atoms with van der Waals surface area (Å²) in [7, 11) is 1.78. The van der Waals surface area contributed by atoms with Crippen molar-refractivity contribution in [1.82, 2.24) is 4.98 Å². The Hall–Kier alpha value is -1.55. The molecule has 0 spiro atoms. The van der Waals surface area contributed by atoms with Gasteiger partial charge in [0.1, 0.15) is 0 Å². The van der Waals surface area contributed by atoms with Gasteiger partial charge in [-0.25, -0.2) is 0 Å². The van der Waals surface area contributed by atoms with Crippen molar-refractivity contribution in [2.45, 2.75) is 0 Å². The molecular formula is C12H13N3S. The fraction of sp³-hybridized carbons (Fsp3) is 0.167. The fourth-order valence-corrected chi connectivity index (χ4v) is 1.88. The number of nitrogens with zero attached hydrogens (tertiary/aromatic N) is 2. The van der Waals surface area contributed by atoms with Gasteiger partial charge in [-0.05, 0) is 30.5 Å². The number of aliphatic imine (C=N–C) groups is 1. The Morgan fingerprint density at radius 2 is 2.25 bits per heavy atom. The first kappa shape index (κ1) is 11.0. The third-order valence-electron chi connectivity index (χ3n) is 2.25. The Kier molecular flexibility index (Phi) is 3.41. The standard InChI is InChI=1S/C12H13N3S/c1-13-12(16-2)15-10-5-6-11-9(8-10)4-3-7-14-11/h3-8H,1-2H3,(H,13,15). The minimum absolute atomic E-state index is 0.906. The van der Waals surface area contributed by atoms with Crippen LogP contribution in [0.5, 0.6) is 0 Å². The zero-order chi connectivity index (χ0) is 11.4. The maximum absolute atomic E-state index is 4.28. The number of amidine groups is 1. The fourth-order valence-electron chi connectivity index (χ4n) is 1.48. The molecule has 0 unspecified atom stereocenters. The van der Waals surface area contributed by atoms with Crippen LogP contribution >= 0.6 is 11.8 Å². The minimum atomic E-state index is 0.906. The van der Waals surface area contributed by atoms with Crippen LogP contribution in [0.25, 0.3) is 10.9 Å². The van der Waals surface area contributed by atoms with Crippen molar-refractivity contribution in [1.29, 1.82) is 0 Å². The van der Waals surface area contributed by atoms with Crippen molar-refractivity contribution in [2.75, 3.05) is 18.6 Å². The smallest absolute Gasteiger partial charge is 0.160 e. The molecule has 82 valence electrons. The van der Waals surface area contributed by atoms with E-state index in [1.165, 1.54) is 0 Å². The van der Waals surface area contributed by atoms with E-state index < -0.39 is 0 Å². The van der Waals surface area contributed by atoms with Crippen LogP contribution in [0.4, 0.5) is 5.69 Å². The molecule has 0 aliphatic rings. The predicted molar refractivity (Wildman–Crippen MR) is 72.2 cm³/mol. The molecule has 1 aromatic heterocycles. The van der Waals surface area contributed by atoms with Gasteiger partial charge in [0.2, 0.25) is 0 Å². The summed E-state index contributed by atoms with van der Waals surface area (Å²) in [6, 6.07) is 10.1. The molecule has 1 N–H and O–H groups in total. The number of anilines is 1. The van der Waals surface area contributed by atoms with Crippen LogP contribution in [0.15, 0.2) is 41.5 Å². The van der Waals surface area contributed by atoms with Crippen LogP contribution in [0.1, 0.15) is 0 Å². The molecule has 1 heterocycles. The number of thioether (sulfide) groups is 1. The van der Waals surface area contributed by atoms with Crippen LogP contribution in [0, 0.1) is 0 Å². The number of hydrogen-bond acceptors (Lipinski definition) is 3. The Morgan fingerprint density at radius 1 is 1.38 bits per heavy atom. The van der Waals surface area contributed by atoms with E-state index in [0.717, 1.165) is 21.8 Å². The summed E-state index contributed by atoms with van der Waals surface area (Å²) in [4.78, 5) is 8.41. The van der Waals surface area contributed by atoms with E-state index in [4.69, 9.17) is 0 Å². The third-order valence-corrected chi connectivity index (χ3v) is 2.92. The molecule has 0 saturated carbocycles. The maximum atomic E-state index is 4.28. The summed E-state index contributed by atoms with van der Waals surface area (Å²) in [5.41, 5.74) is 2.04. The lowest BCUT2D eigenvalue weighted by atomic mass is 10.2. The number of fused-ring (bicyclic) bond motifs is 1. The number of pyridine rings is 1. The summed E-state index contributed by atoms with van der Waals surface area (Å²) >= 11 is 1.59. The van der Waals surface area contributed by atoms with Crippen LogP contribution in [0.2, 0.25) is 0 Å². The first-order chi connectivity index (χ1) is 7.83. The van der Waals surface area contributed by atoms with Gasteiger partial charge in [0, 0.05) is 24.3 Å². The van der Waals surface area contributed by atoms with Gasteiger partial charge in [0.05, 0.1) is 5.52 Å². The Morgan fingerprint density at radius 3 is 3.00 bits per heavy atom. The SMILES string of the molecule is CN=C(Nc1ccc2ncccc2c1)SC. The van der Waals surface area contributed by atoms with E-state index in [2.05, 4.69) is 27.4 Å². The molecule has 1 aromatic carbocycles. The first-order valence-electron chi connectivity index (χ1n) is 4.96. The van der Waals surface area contributed by atoms with E-state index in [1.807, 2.05) is 24.5 Å². The van der Waals surface area contributed by atoms with Crippen LogP contribution in [0.3, 0.4) is 0 Å². The summed E-state index contributed by atoms with van der Waals surface area (Å²) in [5.74, 6) is 0. The van der Waals surface area contributed by atoms with E-state index in [0.29, 0.717) is 0 Å². The molecule has 2 aromatic rings. The molecule has 16 heavy (non-hydrogen) atoms. The molecule has 0 aliphatic heterocycles. The average molecular weight is 231 g/mol. The molecule has 0 aliphatic carbocycles. The molecule has 3 nitrogen and oxygen atoms in total. The highest BCUT2D eigenvalue weighted by molar-refractivity contribution is 8.13. The van der Waals surface area contributed by atoms with Gasteiger partial charge >= 0.3 is 0 Å². The molecule has 0 saturated heterocycles. The van der Waals surface area contributed by atoms with Crippen molar-refractivity contribution in [3.8, 4) is 0 Å². The molecule has 0 radical (unpaired) electrons. The molecule has 0 amide bonds. The summed E-state index contributed by atoms with van der Waals surface area (Å²) in [6.07, 6.45) is 3.80. The quantitative estimate of drug-likeness (QED) is 0.605. The summed E-state index contributed by atoms with van der Waals surface area (Å²) in [6.45, 7) is 0. The van der Waals surface area contributed by atoms with Gasteiger partial charge in [-0.2, -0.15) is 0 Å². The van der Waals surface area contributed by atoms with Crippen molar-refractivity contribution < 1.29 is 0 Å². The Labute approximate surface area is 99.0 Å². The zero-order valence-corrected chi connectivity index (χ0v) is 10.1. The number of aromatic nitrogens is 1. The molecule has 2 rings (SSSR count). The Balaban J connectivity index is 2.32. The average Bonchev–Trinajstić information content (AvgIpc) is 2.35. The van der Waals surface area contributed by atoms with Gasteiger partial charge < -0.3 is 5.32 Å². The predicted octanol–water partition coefficient (Wildman–Crippen LogP) is 3.00. The van der Waals surface area contributed by atoms with Gasteiger partial charge in [-0.1, -0.05) is 17.8 Å². The number of nitrogens with one attached hydrogen (secondary N) is 1. The molecular weight excluding hydrogens is 218 g/mol. The molecule has 0 bridgehead atoms. The number of hydrogen-bond donors (Lipinski definition) is 1. The normalized spacial score (nSPS) is 11.8. The molecule has 4 heteroatoms. The lowest BCUT2D eigenvalue weighted by molar-refractivity contribution is 1.41. The summed E-state index contributed by atoms with van der Waals surface area (Å²) < 4.78 is 0. The number of benzene rings is 1. The van der Waals surface area contributed by atoms with Crippen LogP contribution in [-0.2, 0) is 0 Å². The highest BCUT2D eigenvalue weighted by Crippen LogP contribution is 2.17. The topological polar surface area (TPSA) is 37.3 Å². The van der Waals surface area contributed by atoms with E-state index in [-0.39, 0.29) is 0 Å². The maximum Gasteiger partial charge on any atom is 0.160 e. The largest absolute Gasteiger partial charge is 0.335 e. The van der Waals surface area contributed by atoms with Gasteiger partial charge in [0.15, 0.2) is 5.17 Å². The van der Waals surface area contributed by atoms with Gasteiger partial charge in [0.25, 0.3) is 0 Å². The zero-order valence-electron chi connectivity index (χ0n) is 9.27. The van der Waals surface area contributed by atoms with E-state index in [9.17, 15) is 0 Å². The van der Waals surface area contributed by atoms with Crippen LogP contribution < -0.4 is 5.32 Å². The van der Waals surface area contributed by atoms with Crippen molar-refractivity contribution in [3.05, 3.63) is 36.5 Å². The van der Waals surface area contributed by atoms with E-state index >= 15 is 0 Å². The van der Waals surface area contributed by atoms with Gasteiger partial charge in [-0.15, -0.1) is 0 Å². The highest BCUT2D eigenvalue weighted by atomic mass is 32.2. The second-order valence-electron chi connectivity index (χ2n) is 3.27. The van der Waals surface area contributed by atoms with E-state index in [1.54, 1.807) is 25.0 Å². The van der Waals surface area contributed by atoms with Gasteiger partial charge in [-0.3, -0.25) is 9.98 Å². The van der Waals surface area contributed by atoms with Crippen molar-refractivity contribution in [3.63, 3.8) is 0 Å². The molecule has 0 atom stereocenters. The highest BCUT2D eigenvalue weighted by Gasteiger charge is 1.99. The Bertz CT molecular complexity index is 522. The lowest BCUT2D eigenvalue weighted by Gasteiger charge is -2.07. The first-order valence-corrected chi connectivity index (χ1v) is 6.18. The third kappa shape index (κ3) is 2.33. The van der Waals surface area contributed by atoms with Crippen molar-refractivity contribution >= 4 is 33.5 Å². The monoisotopic (exact) mass is 231 g/mol. The minimum Gasteiger partial charge on any atom is -0.335 e. The number of rotatable bonds is 1.